The third-order valence-electron chi connectivity index (χ3n) is 2.54. The fraction of sp³-hybridized carbons (Fsp3) is 0.889. The number of nitrogens with two attached hydrogens (primary N) is 1. The molecule has 1 heterocycles. The van der Waals surface area contributed by atoms with Gasteiger partial charge in [0.05, 0.1) is 13.2 Å². The molecule has 0 aromatic carbocycles. The Morgan fingerprint density at radius 1 is 1.57 bits per heavy atom. The van der Waals surface area contributed by atoms with Crippen molar-refractivity contribution in [1.82, 2.24) is 4.90 Å². The van der Waals surface area contributed by atoms with Crippen molar-refractivity contribution in [1.29, 1.82) is 0 Å². The lowest BCUT2D eigenvalue weighted by Crippen LogP contribution is -2.48. The van der Waals surface area contributed by atoms with E-state index in [0.29, 0.717) is 6.42 Å². The van der Waals surface area contributed by atoms with Crippen molar-refractivity contribution >= 4 is 5.97 Å². The Bertz CT molecular complexity index is 200. The van der Waals surface area contributed by atoms with Gasteiger partial charge < -0.3 is 15.6 Å². The molecule has 1 aliphatic heterocycles. The van der Waals surface area contributed by atoms with E-state index in [4.69, 9.17) is 15.6 Å². The van der Waals surface area contributed by atoms with Gasteiger partial charge in [0.1, 0.15) is 5.54 Å². The summed E-state index contributed by atoms with van der Waals surface area (Å²) in [6, 6.07) is 0. The van der Waals surface area contributed by atoms with Crippen molar-refractivity contribution in [3.05, 3.63) is 0 Å². The molecule has 1 rings (SSSR count). The summed E-state index contributed by atoms with van der Waals surface area (Å²) in [6.45, 7) is 5.48. The highest BCUT2D eigenvalue weighted by Crippen LogP contribution is 2.08. The Labute approximate surface area is 83.8 Å². The first kappa shape index (κ1) is 11.4. The maximum atomic E-state index is 10.7. The standard InChI is InChI=1S/C9H18N2O3/c1-9(10,8(12)13)2-3-11-4-6-14-7-5-11/h2-7,10H2,1H3,(H,12,13). The molecule has 0 saturated carbocycles. The minimum atomic E-state index is -1.11. The Morgan fingerprint density at radius 3 is 2.64 bits per heavy atom. The molecular weight excluding hydrogens is 184 g/mol. The molecule has 1 unspecified atom stereocenters. The van der Waals surface area contributed by atoms with Crippen LogP contribution in [0.4, 0.5) is 0 Å². The van der Waals surface area contributed by atoms with E-state index in [1.54, 1.807) is 6.92 Å². The van der Waals surface area contributed by atoms with Crippen molar-refractivity contribution in [2.24, 2.45) is 5.73 Å². The first-order valence-corrected chi connectivity index (χ1v) is 4.85. The van der Waals surface area contributed by atoms with E-state index in [0.717, 1.165) is 32.8 Å². The summed E-state index contributed by atoms with van der Waals surface area (Å²) in [6.07, 6.45) is 0.475. The Balaban J connectivity index is 2.28. The molecule has 0 bridgehead atoms. The molecule has 0 amide bonds. The average molecular weight is 202 g/mol. The highest BCUT2D eigenvalue weighted by molar-refractivity contribution is 5.77. The summed E-state index contributed by atoms with van der Waals surface area (Å²) in [5.74, 6) is -0.939. The lowest BCUT2D eigenvalue weighted by Gasteiger charge is -2.29. The molecule has 0 spiro atoms. The number of carboxylic acid groups (broad SMARTS) is 1. The summed E-state index contributed by atoms with van der Waals surface area (Å²) < 4.78 is 5.19. The number of aliphatic carboxylic acids is 1. The number of nitrogens with zero attached hydrogens (tertiary/aromatic N) is 1. The number of morpholine rings is 1. The van der Waals surface area contributed by atoms with Gasteiger partial charge in [-0.25, -0.2) is 0 Å². The Kier molecular flexibility index (Phi) is 3.86. The molecule has 0 aromatic rings. The van der Waals surface area contributed by atoms with E-state index in [1.807, 2.05) is 0 Å². The van der Waals surface area contributed by atoms with Crippen LogP contribution >= 0.6 is 0 Å². The summed E-state index contributed by atoms with van der Waals surface area (Å²) in [5, 5.41) is 8.80. The maximum Gasteiger partial charge on any atom is 0.323 e. The lowest BCUT2D eigenvalue weighted by molar-refractivity contribution is -0.143. The SMILES string of the molecule is CC(N)(CCN1CCOCC1)C(=O)O. The molecule has 5 nitrogen and oxygen atoms in total. The van der Waals surface area contributed by atoms with Crippen LogP contribution in [-0.4, -0.2) is 54.4 Å². The van der Waals surface area contributed by atoms with Crippen LogP contribution in [0.3, 0.4) is 0 Å². The number of hydrogen-bond acceptors (Lipinski definition) is 4. The van der Waals surface area contributed by atoms with Crippen LogP contribution in [-0.2, 0) is 9.53 Å². The van der Waals surface area contributed by atoms with Gasteiger partial charge >= 0.3 is 5.97 Å². The minimum absolute atomic E-state index is 0.475. The lowest BCUT2D eigenvalue weighted by atomic mass is 9.99. The van der Waals surface area contributed by atoms with Gasteiger partial charge in [-0.1, -0.05) is 0 Å². The molecule has 0 radical (unpaired) electrons. The van der Waals surface area contributed by atoms with Gasteiger partial charge in [0, 0.05) is 19.6 Å². The zero-order valence-corrected chi connectivity index (χ0v) is 8.53. The highest BCUT2D eigenvalue weighted by Gasteiger charge is 2.28. The average Bonchev–Trinajstić information content (AvgIpc) is 2.16. The normalized spacial score (nSPS) is 23.0. The molecule has 0 aliphatic carbocycles. The maximum absolute atomic E-state index is 10.7. The minimum Gasteiger partial charge on any atom is -0.480 e. The predicted molar refractivity (Wildman–Crippen MR) is 52.1 cm³/mol. The molecule has 5 heteroatoms. The first-order valence-electron chi connectivity index (χ1n) is 4.85. The Hall–Kier alpha value is -0.650. The fourth-order valence-electron chi connectivity index (χ4n) is 1.32. The zero-order chi connectivity index (χ0) is 10.6. The van der Waals surface area contributed by atoms with Gasteiger partial charge in [-0.15, -0.1) is 0 Å². The predicted octanol–water partition coefficient (Wildman–Crippen LogP) is -0.489. The number of carboxylic acids is 1. The van der Waals surface area contributed by atoms with Gasteiger partial charge in [-0.3, -0.25) is 9.69 Å². The number of ether oxygens (including phenoxy) is 1. The van der Waals surface area contributed by atoms with Crippen LogP contribution in [0.25, 0.3) is 0 Å². The van der Waals surface area contributed by atoms with E-state index >= 15 is 0 Å². The number of carbonyl (C=O) groups is 1. The van der Waals surface area contributed by atoms with Crippen molar-refractivity contribution in [2.45, 2.75) is 18.9 Å². The summed E-state index contributed by atoms with van der Waals surface area (Å²) in [4.78, 5) is 12.9. The Morgan fingerprint density at radius 2 is 2.14 bits per heavy atom. The largest absolute Gasteiger partial charge is 0.480 e. The van der Waals surface area contributed by atoms with Gasteiger partial charge in [0.15, 0.2) is 0 Å². The number of hydrogen-bond donors (Lipinski definition) is 2. The van der Waals surface area contributed by atoms with E-state index in [2.05, 4.69) is 4.90 Å². The summed E-state index contributed by atoms with van der Waals surface area (Å²) in [7, 11) is 0. The summed E-state index contributed by atoms with van der Waals surface area (Å²) in [5.41, 5.74) is 4.51. The topological polar surface area (TPSA) is 75.8 Å². The van der Waals surface area contributed by atoms with Crippen molar-refractivity contribution in [2.75, 3.05) is 32.8 Å². The van der Waals surface area contributed by atoms with Gasteiger partial charge in [0.2, 0.25) is 0 Å². The molecule has 3 N–H and O–H groups in total. The highest BCUT2D eigenvalue weighted by atomic mass is 16.5. The van der Waals surface area contributed by atoms with Crippen molar-refractivity contribution in [3.8, 4) is 0 Å². The number of rotatable bonds is 4. The van der Waals surface area contributed by atoms with Crippen molar-refractivity contribution in [3.63, 3.8) is 0 Å². The van der Waals surface area contributed by atoms with Gasteiger partial charge in [-0.2, -0.15) is 0 Å². The van der Waals surface area contributed by atoms with Crippen LogP contribution in [0.5, 0.6) is 0 Å². The zero-order valence-electron chi connectivity index (χ0n) is 8.53. The van der Waals surface area contributed by atoms with Crippen LogP contribution in [0.2, 0.25) is 0 Å². The van der Waals surface area contributed by atoms with Crippen LogP contribution < -0.4 is 5.73 Å². The second-order valence-corrected chi connectivity index (χ2v) is 3.93. The molecule has 1 aliphatic rings. The monoisotopic (exact) mass is 202 g/mol. The molecule has 0 aromatic heterocycles. The molecule has 1 fully saturated rings. The smallest absolute Gasteiger partial charge is 0.323 e. The van der Waals surface area contributed by atoms with E-state index < -0.39 is 11.5 Å². The molecular formula is C9H18N2O3. The van der Waals surface area contributed by atoms with E-state index in [9.17, 15) is 4.79 Å². The first-order chi connectivity index (χ1) is 6.52. The molecule has 82 valence electrons. The third-order valence-corrected chi connectivity index (χ3v) is 2.54. The van der Waals surface area contributed by atoms with Crippen LogP contribution in [0.1, 0.15) is 13.3 Å². The van der Waals surface area contributed by atoms with Gasteiger partial charge in [0.25, 0.3) is 0 Å². The van der Waals surface area contributed by atoms with Gasteiger partial charge in [-0.05, 0) is 13.3 Å². The third kappa shape index (κ3) is 3.25. The molecule has 1 saturated heterocycles. The van der Waals surface area contributed by atoms with E-state index in [1.165, 1.54) is 0 Å². The fourth-order valence-corrected chi connectivity index (χ4v) is 1.32. The van der Waals surface area contributed by atoms with Crippen LogP contribution in [0, 0.1) is 0 Å². The second-order valence-electron chi connectivity index (χ2n) is 3.93. The van der Waals surface area contributed by atoms with E-state index in [-0.39, 0.29) is 0 Å². The quantitative estimate of drug-likeness (QED) is 0.643. The second kappa shape index (κ2) is 4.72. The molecule has 14 heavy (non-hydrogen) atoms. The molecule has 1 atom stereocenters. The summed E-state index contributed by atoms with van der Waals surface area (Å²) >= 11 is 0. The van der Waals surface area contributed by atoms with Crippen LogP contribution in [0.15, 0.2) is 0 Å². The van der Waals surface area contributed by atoms with Crippen molar-refractivity contribution < 1.29 is 14.6 Å².